The van der Waals surface area contributed by atoms with Crippen LogP contribution in [-0.2, 0) is 16.1 Å². The van der Waals surface area contributed by atoms with Crippen molar-refractivity contribution >= 4 is 23.5 Å². The minimum Gasteiger partial charge on any atom is -0.461 e. The number of rotatable bonds is 6. The molecule has 0 saturated heterocycles. The third-order valence-electron chi connectivity index (χ3n) is 2.98. The molecule has 0 saturated carbocycles. The topological polar surface area (TPSA) is 68.3 Å². The second-order valence-electron chi connectivity index (χ2n) is 4.78. The van der Waals surface area contributed by atoms with Crippen molar-refractivity contribution in [2.24, 2.45) is 0 Å². The molecular formula is C16H13ClF2N2O3. The van der Waals surface area contributed by atoms with Crippen LogP contribution in [0.4, 0.5) is 8.78 Å². The van der Waals surface area contributed by atoms with Crippen LogP contribution in [0.25, 0.3) is 0 Å². The summed E-state index contributed by atoms with van der Waals surface area (Å²) in [5, 5.41) is 2.70. The van der Waals surface area contributed by atoms with Crippen LogP contribution in [0, 0.1) is 11.6 Å². The number of carbonyl (C=O) groups is 2. The van der Waals surface area contributed by atoms with Crippen molar-refractivity contribution in [2.75, 3.05) is 6.54 Å². The SMILES string of the molecule is O=C(CCNC(=O)c1ccc(F)cc1F)OCc1ccc(Cl)nc1. The molecule has 1 aromatic heterocycles. The fourth-order valence-corrected chi connectivity index (χ4v) is 1.89. The number of hydrogen-bond acceptors (Lipinski definition) is 4. The normalized spacial score (nSPS) is 10.3. The van der Waals surface area contributed by atoms with E-state index >= 15 is 0 Å². The van der Waals surface area contributed by atoms with E-state index in [9.17, 15) is 18.4 Å². The first-order valence-electron chi connectivity index (χ1n) is 6.95. The van der Waals surface area contributed by atoms with E-state index in [1.807, 2.05) is 0 Å². The van der Waals surface area contributed by atoms with Crippen molar-refractivity contribution in [3.05, 3.63) is 64.4 Å². The molecule has 24 heavy (non-hydrogen) atoms. The van der Waals surface area contributed by atoms with Crippen LogP contribution in [0.15, 0.2) is 36.5 Å². The summed E-state index contributed by atoms with van der Waals surface area (Å²) in [6.45, 7) is -0.00309. The van der Waals surface area contributed by atoms with Gasteiger partial charge in [0.2, 0.25) is 0 Å². The first-order chi connectivity index (χ1) is 11.5. The van der Waals surface area contributed by atoms with Gasteiger partial charge in [0.25, 0.3) is 5.91 Å². The molecule has 0 unspecified atom stereocenters. The average Bonchev–Trinajstić information content (AvgIpc) is 2.54. The van der Waals surface area contributed by atoms with E-state index in [1.54, 1.807) is 12.1 Å². The van der Waals surface area contributed by atoms with Crippen LogP contribution < -0.4 is 5.32 Å². The lowest BCUT2D eigenvalue weighted by Crippen LogP contribution is -2.27. The van der Waals surface area contributed by atoms with Crippen molar-refractivity contribution in [1.29, 1.82) is 0 Å². The van der Waals surface area contributed by atoms with E-state index in [1.165, 1.54) is 6.20 Å². The summed E-state index contributed by atoms with van der Waals surface area (Å²) in [5.41, 5.74) is 0.377. The molecule has 0 fully saturated rings. The van der Waals surface area contributed by atoms with Crippen LogP contribution in [0.2, 0.25) is 5.15 Å². The van der Waals surface area contributed by atoms with Crippen molar-refractivity contribution in [3.8, 4) is 0 Å². The molecule has 0 radical (unpaired) electrons. The zero-order valence-electron chi connectivity index (χ0n) is 12.4. The number of aromatic nitrogens is 1. The molecule has 0 aliphatic carbocycles. The summed E-state index contributed by atoms with van der Waals surface area (Å²) in [4.78, 5) is 27.1. The minimum absolute atomic E-state index is 0.0313. The number of ether oxygens (including phenoxy) is 1. The lowest BCUT2D eigenvalue weighted by molar-refractivity contribution is -0.144. The Morgan fingerprint density at radius 2 is 2.00 bits per heavy atom. The molecule has 2 rings (SSSR count). The molecule has 0 aliphatic rings. The van der Waals surface area contributed by atoms with Gasteiger partial charge in [-0.25, -0.2) is 13.8 Å². The Balaban J connectivity index is 1.74. The van der Waals surface area contributed by atoms with Crippen molar-refractivity contribution in [2.45, 2.75) is 13.0 Å². The molecule has 0 bridgehead atoms. The molecule has 5 nitrogen and oxygen atoms in total. The number of nitrogens with one attached hydrogen (secondary N) is 1. The second-order valence-corrected chi connectivity index (χ2v) is 5.17. The van der Waals surface area contributed by atoms with Crippen molar-refractivity contribution in [1.82, 2.24) is 10.3 Å². The van der Waals surface area contributed by atoms with Gasteiger partial charge in [-0.1, -0.05) is 17.7 Å². The fourth-order valence-electron chi connectivity index (χ4n) is 1.77. The van der Waals surface area contributed by atoms with Gasteiger partial charge >= 0.3 is 5.97 Å². The maximum atomic E-state index is 13.4. The largest absolute Gasteiger partial charge is 0.461 e. The Kier molecular flexibility index (Phi) is 6.20. The van der Waals surface area contributed by atoms with E-state index in [0.29, 0.717) is 16.8 Å². The number of amides is 1. The Hall–Kier alpha value is -2.54. The Morgan fingerprint density at radius 3 is 2.67 bits per heavy atom. The fraction of sp³-hybridized carbons (Fsp3) is 0.188. The molecule has 0 atom stereocenters. The number of esters is 1. The average molecular weight is 355 g/mol. The lowest BCUT2D eigenvalue weighted by Gasteiger charge is -2.07. The molecule has 1 amide bonds. The smallest absolute Gasteiger partial charge is 0.307 e. The van der Waals surface area contributed by atoms with Crippen LogP contribution in [0.5, 0.6) is 0 Å². The second kappa shape index (κ2) is 8.35. The summed E-state index contributed by atoms with van der Waals surface area (Å²) in [7, 11) is 0. The Bertz CT molecular complexity index is 739. The highest BCUT2D eigenvalue weighted by atomic mass is 35.5. The predicted octanol–water partition coefficient (Wildman–Crippen LogP) is 2.88. The van der Waals surface area contributed by atoms with Crippen molar-refractivity contribution in [3.63, 3.8) is 0 Å². The first-order valence-corrected chi connectivity index (χ1v) is 7.33. The Morgan fingerprint density at radius 1 is 1.21 bits per heavy atom. The molecule has 1 heterocycles. The van der Waals surface area contributed by atoms with E-state index < -0.39 is 23.5 Å². The number of benzene rings is 1. The standard InChI is InChI=1S/C16H13ClF2N2O3/c17-14-4-1-10(8-21-14)9-24-15(22)5-6-20-16(23)12-3-2-11(18)7-13(12)19/h1-4,7-8H,5-6,9H2,(H,20,23). The third-order valence-corrected chi connectivity index (χ3v) is 3.20. The van der Waals surface area contributed by atoms with Gasteiger partial charge < -0.3 is 10.1 Å². The molecule has 8 heteroatoms. The maximum Gasteiger partial charge on any atom is 0.307 e. The molecule has 1 aromatic carbocycles. The zero-order valence-corrected chi connectivity index (χ0v) is 13.1. The highest BCUT2D eigenvalue weighted by Crippen LogP contribution is 2.09. The van der Waals surface area contributed by atoms with Gasteiger partial charge in [-0.15, -0.1) is 0 Å². The zero-order chi connectivity index (χ0) is 17.5. The number of pyridine rings is 1. The van der Waals surface area contributed by atoms with Crippen molar-refractivity contribution < 1.29 is 23.1 Å². The number of nitrogens with zero attached hydrogens (tertiary/aromatic N) is 1. The van der Waals surface area contributed by atoms with Gasteiger partial charge in [-0.2, -0.15) is 0 Å². The number of hydrogen-bond donors (Lipinski definition) is 1. The van der Waals surface area contributed by atoms with Gasteiger partial charge in [0.15, 0.2) is 0 Å². The minimum atomic E-state index is -0.967. The van der Waals surface area contributed by atoms with Gasteiger partial charge in [0.1, 0.15) is 23.4 Å². The summed E-state index contributed by atoms with van der Waals surface area (Å²) in [6, 6.07) is 5.87. The van der Waals surface area contributed by atoms with Gasteiger partial charge in [0, 0.05) is 24.4 Å². The molecule has 1 N–H and O–H groups in total. The summed E-state index contributed by atoms with van der Waals surface area (Å²) < 4.78 is 31.2. The van der Waals surface area contributed by atoms with Crippen LogP contribution >= 0.6 is 11.6 Å². The highest BCUT2D eigenvalue weighted by molar-refractivity contribution is 6.29. The quantitative estimate of drug-likeness (QED) is 0.640. The number of halogens is 3. The van der Waals surface area contributed by atoms with E-state index in [4.69, 9.17) is 16.3 Å². The Labute approximate surface area is 141 Å². The molecule has 126 valence electrons. The summed E-state index contributed by atoms with van der Waals surface area (Å²) >= 11 is 5.64. The third kappa shape index (κ3) is 5.27. The van der Waals surface area contributed by atoms with Gasteiger partial charge in [-0.05, 0) is 18.2 Å². The molecular weight excluding hydrogens is 342 g/mol. The van der Waals surface area contributed by atoms with E-state index in [2.05, 4.69) is 10.3 Å². The monoisotopic (exact) mass is 354 g/mol. The van der Waals surface area contributed by atoms with E-state index in [-0.39, 0.29) is 25.1 Å². The summed E-state index contributed by atoms with van der Waals surface area (Å²) in [6.07, 6.45) is 1.39. The maximum absolute atomic E-state index is 13.4. The first kappa shape index (κ1) is 17.8. The summed E-state index contributed by atoms with van der Waals surface area (Å²) in [5.74, 6) is -3.01. The highest BCUT2D eigenvalue weighted by Gasteiger charge is 2.13. The van der Waals surface area contributed by atoms with Gasteiger partial charge in [0.05, 0.1) is 12.0 Å². The molecule has 0 aliphatic heterocycles. The van der Waals surface area contributed by atoms with E-state index in [0.717, 1.165) is 12.1 Å². The van der Waals surface area contributed by atoms with Crippen LogP contribution in [0.3, 0.4) is 0 Å². The van der Waals surface area contributed by atoms with Crippen LogP contribution in [-0.4, -0.2) is 23.4 Å². The predicted molar refractivity (Wildman–Crippen MR) is 82.4 cm³/mol. The van der Waals surface area contributed by atoms with Crippen LogP contribution in [0.1, 0.15) is 22.3 Å². The lowest BCUT2D eigenvalue weighted by atomic mass is 10.2. The number of carbonyl (C=O) groups excluding carboxylic acids is 2. The molecule has 0 spiro atoms. The van der Waals surface area contributed by atoms with Gasteiger partial charge in [-0.3, -0.25) is 9.59 Å². The molecule has 2 aromatic rings.